The molecule has 0 spiro atoms. The van der Waals surface area contributed by atoms with Gasteiger partial charge in [-0.25, -0.2) is 0 Å². The second kappa shape index (κ2) is 5.97. The van der Waals surface area contributed by atoms with Crippen molar-refractivity contribution in [3.05, 3.63) is 0 Å². The third-order valence-electron chi connectivity index (χ3n) is 2.40. The molecule has 0 saturated heterocycles. The average Bonchev–Trinajstić information content (AvgIpc) is 2.14. The molecule has 0 fully saturated rings. The predicted molar refractivity (Wildman–Crippen MR) is 51.3 cm³/mol. The van der Waals surface area contributed by atoms with E-state index < -0.39 is 12.0 Å². The topological polar surface area (TPSA) is 46.5 Å². The molecule has 0 aliphatic heterocycles. The third-order valence-corrected chi connectivity index (χ3v) is 2.40. The number of hydrogen-bond acceptors (Lipinski definition) is 3. The highest BCUT2D eigenvalue weighted by atomic mass is 16.5. The zero-order valence-electron chi connectivity index (χ0n) is 8.91. The fourth-order valence-electron chi connectivity index (χ4n) is 1.15. The van der Waals surface area contributed by atoms with E-state index in [0.29, 0.717) is 6.61 Å². The standard InChI is InChI=1S/C10H20O3/c1-5-7(3)9(11)8(4)10(12)13-6-2/h7-9,11H,5-6H2,1-4H3/t7-,8+,9-/m0/s1. The molecule has 0 unspecified atom stereocenters. The van der Waals surface area contributed by atoms with E-state index in [9.17, 15) is 9.90 Å². The van der Waals surface area contributed by atoms with Crippen LogP contribution in [0.3, 0.4) is 0 Å². The summed E-state index contributed by atoms with van der Waals surface area (Å²) < 4.78 is 4.82. The van der Waals surface area contributed by atoms with Crippen LogP contribution in [0.2, 0.25) is 0 Å². The lowest BCUT2D eigenvalue weighted by atomic mass is 9.92. The van der Waals surface area contributed by atoms with Gasteiger partial charge in [0, 0.05) is 0 Å². The summed E-state index contributed by atoms with van der Waals surface area (Å²) in [5, 5.41) is 9.68. The van der Waals surface area contributed by atoms with Crippen molar-refractivity contribution in [2.45, 2.75) is 40.2 Å². The summed E-state index contributed by atoms with van der Waals surface area (Å²) >= 11 is 0. The number of rotatable bonds is 5. The first kappa shape index (κ1) is 12.4. The maximum Gasteiger partial charge on any atom is 0.311 e. The smallest absolute Gasteiger partial charge is 0.311 e. The van der Waals surface area contributed by atoms with Crippen LogP contribution in [0, 0.1) is 11.8 Å². The summed E-state index contributed by atoms with van der Waals surface area (Å²) in [5.74, 6) is -0.593. The minimum atomic E-state index is -0.593. The van der Waals surface area contributed by atoms with E-state index in [1.54, 1.807) is 13.8 Å². The molecular weight excluding hydrogens is 168 g/mol. The van der Waals surface area contributed by atoms with Gasteiger partial charge in [-0.1, -0.05) is 20.3 Å². The van der Waals surface area contributed by atoms with Crippen LogP contribution in [0.15, 0.2) is 0 Å². The first-order chi connectivity index (χ1) is 6.04. The first-order valence-electron chi connectivity index (χ1n) is 4.89. The lowest BCUT2D eigenvalue weighted by Gasteiger charge is -2.22. The van der Waals surface area contributed by atoms with Crippen molar-refractivity contribution in [1.29, 1.82) is 0 Å². The number of esters is 1. The highest BCUT2D eigenvalue weighted by Crippen LogP contribution is 2.16. The predicted octanol–water partition coefficient (Wildman–Crippen LogP) is 1.59. The fourth-order valence-corrected chi connectivity index (χ4v) is 1.15. The Kier molecular flexibility index (Phi) is 5.71. The van der Waals surface area contributed by atoms with Crippen molar-refractivity contribution in [2.75, 3.05) is 6.61 Å². The zero-order chi connectivity index (χ0) is 10.4. The molecule has 0 saturated carbocycles. The highest BCUT2D eigenvalue weighted by Gasteiger charge is 2.26. The van der Waals surface area contributed by atoms with Crippen LogP contribution in [-0.4, -0.2) is 23.8 Å². The van der Waals surface area contributed by atoms with E-state index in [1.807, 2.05) is 13.8 Å². The molecule has 0 amide bonds. The SMILES string of the molecule is CCOC(=O)[C@H](C)[C@@H](O)[C@@H](C)CC. The Labute approximate surface area is 80.1 Å². The quantitative estimate of drug-likeness (QED) is 0.666. The minimum Gasteiger partial charge on any atom is -0.466 e. The zero-order valence-corrected chi connectivity index (χ0v) is 8.91. The summed E-state index contributed by atoms with van der Waals surface area (Å²) in [6, 6.07) is 0. The van der Waals surface area contributed by atoms with Gasteiger partial charge in [-0.05, 0) is 19.8 Å². The molecule has 1 N–H and O–H groups in total. The second-order valence-corrected chi connectivity index (χ2v) is 3.42. The van der Waals surface area contributed by atoms with Gasteiger partial charge in [-0.15, -0.1) is 0 Å². The Morgan fingerprint density at radius 1 is 1.38 bits per heavy atom. The Bertz CT molecular complexity index is 156. The molecule has 3 heteroatoms. The van der Waals surface area contributed by atoms with E-state index in [2.05, 4.69) is 0 Å². The Morgan fingerprint density at radius 3 is 2.31 bits per heavy atom. The highest BCUT2D eigenvalue weighted by molar-refractivity contribution is 5.72. The maximum absolute atomic E-state index is 11.2. The molecule has 0 aromatic heterocycles. The maximum atomic E-state index is 11.2. The van der Waals surface area contributed by atoms with Crippen molar-refractivity contribution in [3.8, 4) is 0 Å². The third kappa shape index (κ3) is 3.77. The summed E-state index contributed by atoms with van der Waals surface area (Å²) in [6.45, 7) is 7.76. The molecule has 0 aliphatic carbocycles. The lowest BCUT2D eigenvalue weighted by Crippen LogP contribution is -2.32. The summed E-state index contributed by atoms with van der Waals surface area (Å²) in [4.78, 5) is 11.2. The van der Waals surface area contributed by atoms with Crippen molar-refractivity contribution < 1.29 is 14.6 Å². The number of aliphatic hydroxyl groups is 1. The van der Waals surface area contributed by atoms with Crippen LogP contribution >= 0.6 is 0 Å². The van der Waals surface area contributed by atoms with E-state index in [0.717, 1.165) is 6.42 Å². The largest absolute Gasteiger partial charge is 0.466 e. The molecule has 3 atom stereocenters. The van der Waals surface area contributed by atoms with Gasteiger partial charge >= 0.3 is 5.97 Å². The van der Waals surface area contributed by atoms with Crippen LogP contribution < -0.4 is 0 Å². The number of carbonyl (C=O) groups excluding carboxylic acids is 1. The van der Waals surface area contributed by atoms with Crippen molar-refractivity contribution >= 4 is 5.97 Å². The van der Waals surface area contributed by atoms with Gasteiger partial charge in [0.05, 0.1) is 18.6 Å². The van der Waals surface area contributed by atoms with E-state index in [4.69, 9.17) is 4.74 Å². The number of hydrogen-bond donors (Lipinski definition) is 1. The van der Waals surface area contributed by atoms with Gasteiger partial charge < -0.3 is 9.84 Å². The van der Waals surface area contributed by atoms with Gasteiger partial charge in [-0.3, -0.25) is 4.79 Å². The molecule has 0 radical (unpaired) electrons. The second-order valence-electron chi connectivity index (χ2n) is 3.42. The minimum absolute atomic E-state index is 0.138. The van der Waals surface area contributed by atoms with Crippen molar-refractivity contribution in [2.24, 2.45) is 11.8 Å². The summed E-state index contributed by atoms with van der Waals surface area (Å²) in [7, 11) is 0. The molecule has 0 heterocycles. The molecule has 13 heavy (non-hydrogen) atoms. The average molecular weight is 188 g/mol. The van der Waals surface area contributed by atoms with Crippen LogP contribution in [0.5, 0.6) is 0 Å². The monoisotopic (exact) mass is 188 g/mol. The summed E-state index contributed by atoms with van der Waals surface area (Å²) in [5.41, 5.74) is 0. The Morgan fingerprint density at radius 2 is 1.92 bits per heavy atom. The van der Waals surface area contributed by atoms with Crippen molar-refractivity contribution in [1.82, 2.24) is 0 Å². The number of carbonyl (C=O) groups is 1. The van der Waals surface area contributed by atoms with Gasteiger partial charge in [0.15, 0.2) is 0 Å². The van der Waals surface area contributed by atoms with Gasteiger partial charge in [0.2, 0.25) is 0 Å². The van der Waals surface area contributed by atoms with Gasteiger partial charge in [-0.2, -0.15) is 0 Å². The Balaban J connectivity index is 4.07. The van der Waals surface area contributed by atoms with Gasteiger partial charge in [0.1, 0.15) is 0 Å². The van der Waals surface area contributed by atoms with Crippen LogP contribution in [0.25, 0.3) is 0 Å². The molecular formula is C10H20O3. The van der Waals surface area contributed by atoms with Crippen LogP contribution in [0.4, 0.5) is 0 Å². The molecule has 0 rings (SSSR count). The Hall–Kier alpha value is -0.570. The normalized spacial score (nSPS) is 17.6. The van der Waals surface area contributed by atoms with Crippen molar-refractivity contribution in [3.63, 3.8) is 0 Å². The molecule has 78 valence electrons. The van der Waals surface area contributed by atoms with E-state index in [1.165, 1.54) is 0 Å². The number of ether oxygens (including phenoxy) is 1. The molecule has 0 aromatic rings. The van der Waals surface area contributed by atoms with Crippen LogP contribution in [0.1, 0.15) is 34.1 Å². The van der Waals surface area contributed by atoms with Gasteiger partial charge in [0.25, 0.3) is 0 Å². The molecule has 3 nitrogen and oxygen atoms in total. The molecule has 0 aromatic carbocycles. The lowest BCUT2D eigenvalue weighted by molar-refractivity contribution is -0.152. The molecule has 0 aliphatic rings. The molecule has 0 bridgehead atoms. The van der Waals surface area contributed by atoms with Crippen LogP contribution in [-0.2, 0) is 9.53 Å². The fraction of sp³-hybridized carbons (Fsp3) is 0.900. The first-order valence-corrected chi connectivity index (χ1v) is 4.89. The number of aliphatic hydroxyl groups excluding tert-OH is 1. The summed E-state index contributed by atoms with van der Waals surface area (Å²) in [6.07, 6.45) is 0.273. The van der Waals surface area contributed by atoms with E-state index >= 15 is 0 Å². The van der Waals surface area contributed by atoms with E-state index in [-0.39, 0.29) is 11.9 Å².